The predicted octanol–water partition coefficient (Wildman–Crippen LogP) is 2.95. The van der Waals surface area contributed by atoms with Crippen LogP contribution in [0.25, 0.3) is 0 Å². The van der Waals surface area contributed by atoms with Crippen molar-refractivity contribution in [3.63, 3.8) is 0 Å². The number of nitrogens with two attached hydrogens (primary N) is 1. The minimum atomic E-state index is 0.723. The van der Waals surface area contributed by atoms with Gasteiger partial charge in [-0.05, 0) is 50.3 Å². The number of nitrogens with zero attached hydrogens (tertiary/aromatic N) is 1. The van der Waals surface area contributed by atoms with Crippen molar-refractivity contribution < 1.29 is 0 Å². The first-order valence-corrected chi connectivity index (χ1v) is 7.28. The summed E-state index contributed by atoms with van der Waals surface area (Å²) in [5, 5.41) is 0. The van der Waals surface area contributed by atoms with Crippen molar-refractivity contribution in [2.75, 3.05) is 6.54 Å². The third kappa shape index (κ3) is 2.93. The summed E-state index contributed by atoms with van der Waals surface area (Å²) in [4.78, 5) is 2.68. The third-order valence-electron chi connectivity index (χ3n) is 4.31. The molecule has 1 aliphatic rings. The molecule has 0 amide bonds. The van der Waals surface area contributed by atoms with E-state index in [9.17, 15) is 0 Å². The largest absolute Gasteiger partial charge is 0.330 e. The van der Waals surface area contributed by atoms with Crippen molar-refractivity contribution in [1.82, 2.24) is 4.90 Å². The number of likely N-dealkylation sites (tertiary alicyclic amines) is 1. The number of benzene rings is 1. The van der Waals surface area contributed by atoms with Crippen molar-refractivity contribution in [1.29, 1.82) is 0 Å². The molecule has 0 aromatic heterocycles. The maximum atomic E-state index is 5.70. The summed E-state index contributed by atoms with van der Waals surface area (Å²) in [6.45, 7) is 6.50. The molecule has 2 unspecified atom stereocenters. The Bertz CT molecular complexity index is 375. The summed E-state index contributed by atoms with van der Waals surface area (Å²) in [6, 6.07) is 10.3. The Morgan fingerprint density at radius 3 is 2.61 bits per heavy atom. The molecule has 0 bridgehead atoms. The van der Waals surface area contributed by atoms with E-state index in [4.69, 9.17) is 5.73 Å². The Labute approximate surface area is 111 Å². The van der Waals surface area contributed by atoms with E-state index >= 15 is 0 Å². The molecule has 100 valence electrons. The van der Waals surface area contributed by atoms with Gasteiger partial charge in [0.25, 0.3) is 0 Å². The molecule has 1 aromatic rings. The molecule has 0 spiro atoms. The molecular weight excluding hydrogens is 220 g/mol. The Kier molecular flexibility index (Phi) is 4.79. The molecule has 1 aromatic carbocycles. The highest BCUT2D eigenvalue weighted by molar-refractivity contribution is 5.27. The van der Waals surface area contributed by atoms with Gasteiger partial charge in [-0.25, -0.2) is 0 Å². The molecule has 1 saturated heterocycles. The van der Waals surface area contributed by atoms with Crippen LogP contribution in [-0.2, 0) is 13.0 Å². The molecule has 1 aliphatic heterocycles. The normalized spacial score (nSPS) is 24.6. The minimum absolute atomic E-state index is 0.723. The van der Waals surface area contributed by atoms with Crippen LogP contribution in [0.5, 0.6) is 0 Å². The first kappa shape index (κ1) is 13.6. The van der Waals surface area contributed by atoms with E-state index in [1.165, 1.54) is 30.4 Å². The molecule has 0 radical (unpaired) electrons. The van der Waals surface area contributed by atoms with Crippen molar-refractivity contribution >= 4 is 0 Å². The average Bonchev–Trinajstić information content (AvgIpc) is 2.73. The van der Waals surface area contributed by atoms with Gasteiger partial charge in [-0.1, -0.05) is 31.2 Å². The van der Waals surface area contributed by atoms with Crippen LogP contribution in [0.4, 0.5) is 0 Å². The van der Waals surface area contributed by atoms with E-state index in [0.717, 1.165) is 31.6 Å². The number of hydrogen-bond donors (Lipinski definition) is 1. The first-order chi connectivity index (χ1) is 8.76. The zero-order valence-electron chi connectivity index (χ0n) is 11.7. The SMILES string of the molecule is CCC1CCC(C)N1Cc1ccccc1CCN. The van der Waals surface area contributed by atoms with Gasteiger partial charge in [-0.15, -0.1) is 0 Å². The molecule has 2 nitrogen and oxygen atoms in total. The summed E-state index contributed by atoms with van der Waals surface area (Å²) < 4.78 is 0. The lowest BCUT2D eigenvalue weighted by Crippen LogP contribution is -2.33. The molecule has 18 heavy (non-hydrogen) atoms. The van der Waals surface area contributed by atoms with E-state index in [-0.39, 0.29) is 0 Å². The van der Waals surface area contributed by atoms with Gasteiger partial charge in [-0.3, -0.25) is 4.90 Å². The van der Waals surface area contributed by atoms with Gasteiger partial charge < -0.3 is 5.73 Å². The van der Waals surface area contributed by atoms with Gasteiger partial charge in [0.2, 0.25) is 0 Å². The summed E-state index contributed by atoms with van der Waals surface area (Å²) >= 11 is 0. The van der Waals surface area contributed by atoms with E-state index in [1.54, 1.807) is 0 Å². The maximum Gasteiger partial charge on any atom is 0.0242 e. The fourth-order valence-electron chi connectivity index (χ4n) is 3.16. The van der Waals surface area contributed by atoms with Crippen LogP contribution in [0.2, 0.25) is 0 Å². The molecule has 0 aliphatic carbocycles. The highest BCUT2D eigenvalue weighted by Crippen LogP contribution is 2.28. The summed E-state index contributed by atoms with van der Waals surface area (Å²) in [5.41, 5.74) is 8.60. The van der Waals surface area contributed by atoms with Gasteiger partial charge in [-0.2, -0.15) is 0 Å². The average molecular weight is 246 g/mol. The highest BCUT2D eigenvalue weighted by atomic mass is 15.2. The van der Waals surface area contributed by atoms with Crippen LogP contribution in [0.15, 0.2) is 24.3 Å². The lowest BCUT2D eigenvalue weighted by Gasteiger charge is -2.28. The predicted molar refractivity (Wildman–Crippen MR) is 77.5 cm³/mol. The summed E-state index contributed by atoms with van der Waals surface area (Å²) in [7, 11) is 0. The van der Waals surface area contributed by atoms with Crippen LogP contribution < -0.4 is 5.73 Å². The Balaban J connectivity index is 2.12. The topological polar surface area (TPSA) is 29.3 Å². The van der Waals surface area contributed by atoms with Gasteiger partial charge in [0.05, 0.1) is 0 Å². The van der Waals surface area contributed by atoms with Crippen molar-refractivity contribution in [2.45, 2.75) is 58.2 Å². The zero-order chi connectivity index (χ0) is 13.0. The molecular formula is C16H26N2. The molecule has 0 saturated carbocycles. The highest BCUT2D eigenvalue weighted by Gasteiger charge is 2.29. The van der Waals surface area contributed by atoms with Gasteiger partial charge in [0.1, 0.15) is 0 Å². The lowest BCUT2D eigenvalue weighted by molar-refractivity contribution is 0.189. The van der Waals surface area contributed by atoms with E-state index < -0.39 is 0 Å². The molecule has 2 rings (SSSR count). The molecule has 1 heterocycles. The molecule has 2 heteroatoms. The van der Waals surface area contributed by atoms with Gasteiger partial charge >= 0.3 is 0 Å². The Morgan fingerprint density at radius 2 is 1.94 bits per heavy atom. The van der Waals surface area contributed by atoms with Crippen LogP contribution in [-0.4, -0.2) is 23.5 Å². The van der Waals surface area contributed by atoms with E-state index in [1.807, 2.05) is 0 Å². The number of rotatable bonds is 5. The first-order valence-electron chi connectivity index (χ1n) is 7.28. The fourth-order valence-corrected chi connectivity index (χ4v) is 3.16. The fraction of sp³-hybridized carbons (Fsp3) is 0.625. The van der Waals surface area contributed by atoms with Crippen LogP contribution in [0.3, 0.4) is 0 Å². The van der Waals surface area contributed by atoms with Gasteiger partial charge in [0.15, 0.2) is 0 Å². The third-order valence-corrected chi connectivity index (χ3v) is 4.31. The quantitative estimate of drug-likeness (QED) is 0.865. The second kappa shape index (κ2) is 6.35. The Hall–Kier alpha value is -0.860. The van der Waals surface area contributed by atoms with Crippen molar-refractivity contribution in [3.8, 4) is 0 Å². The minimum Gasteiger partial charge on any atom is -0.330 e. The zero-order valence-corrected chi connectivity index (χ0v) is 11.7. The van der Waals surface area contributed by atoms with Crippen LogP contribution in [0, 0.1) is 0 Å². The Morgan fingerprint density at radius 1 is 1.22 bits per heavy atom. The molecule has 2 atom stereocenters. The second-order valence-electron chi connectivity index (χ2n) is 5.47. The van der Waals surface area contributed by atoms with Crippen molar-refractivity contribution in [2.24, 2.45) is 5.73 Å². The van der Waals surface area contributed by atoms with Gasteiger partial charge in [0, 0.05) is 18.6 Å². The standard InChI is InChI=1S/C16H26N2/c1-3-16-9-8-13(2)18(16)12-15-7-5-4-6-14(15)10-11-17/h4-7,13,16H,3,8-12,17H2,1-2H3. The summed E-state index contributed by atoms with van der Waals surface area (Å²) in [6.07, 6.45) is 4.97. The van der Waals surface area contributed by atoms with E-state index in [0.29, 0.717) is 0 Å². The smallest absolute Gasteiger partial charge is 0.0242 e. The van der Waals surface area contributed by atoms with Crippen molar-refractivity contribution in [3.05, 3.63) is 35.4 Å². The van der Waals surface area contributed by atoms with Crippen LogP contribution in [0.1, 0.15) is 44.2 Å². The van der Waals surface area contributed by atoms with E-state index in [2.05, 4.69) is 43.0 Å². The molecule has 2 N–H and O–H groups in total. The maximum absolute atomic E-state index is 5.70. The summed E-state index contributed by atoms with van der Waals surface area (Å²) in [5.74, 6) is 0. The lowest BCUT2D eigenvalue weighted by atomic mass is 10.0. The molecule has 1 fully saturated rings. The monoisotopic (exact) mass is 246 g/mol. The second-order valence-corrected chi connectivity index (χ2v) is 5.47. The van der Waals surface area contributed by atoms with Crippen LogP contribution >= 0.6 is 0 Å². The number of hydrogen-bond acceptors (Lipinski definition) is 2.